The van der Waals surface area contributed by atoms with Crippen LogP contribution in [-0.4, -0.2) is 43.3 Å². The number of methoxy groups -OCH3 is 1. The summed E-state index contributed by atoms with van der Waals surface area (Å²) in [6.45, 7) is 1.53. The second kappa shape index (κ2) is 12.4. The summed E-state index contributed by atoms with van der Waals surface area (Å²) in [5, 5.41) is 12.4. The first-order valence-electron chi connectivity index (χ1n) is 14.4. The molecule has 3 aromatic carbocycles. The van der Waals surface area contributed by atoms with Crippen molar-refractivity contribution in [2.45, 2.75) is 37.2 Å². The summed E-state index contributed by atoms with van der Waals surface area (Å²) >= 11 is 0.582. The number of fused-ring (bicyclic) bond motifs is 1. The van der Waals surface area contributed by atoms with E-state index in [-0.39, 0.29) is 32.0 Å². The van der Waals surface area contributed by atoms with Gasteiger partial charge in [0.25, 0.3) is 11.8 Å². The van der Waals surface area contributed by atoms with E-state index in [0.717, 1.165) is 50.2 Å². The number of anilines is 2. The molecule has 0 atom stereocenters. The first-order chi connectivity index (χ1) is 22.7. The molecule has 0 saturated carbocycles. The highest BCUT2D eigenvalue weighted by atomic mass is 32.1. The molecule has 1 spiro atoms. The summed E-state index contributed by atoms with van der Waals surface area (Å²) in [7, 11) is 1.33. The van der Waals surface area contributed by atoms with E-state index in [1.807, 2.05) is 0 Å². The number of ether oxygens (including phenoxy) is 1. The van der Waals surface area contributed by atoms with Gasteiger partial charge in [0.2, 0.25) is 0 Å². The van der Waals surface area contributed by atoms with Gasteiger partial charge in [-0.25, -0.2) is 4.39 Å². The molecule has 3 heterocycles. The van der Waals surface area contributed by atoms with Crippen molar-refractivity contribution >= 4 is 50.3 Å². The quantitative estimate of drug-likeness (QED) is 0.179. The van der Waals surface area contributed by atoms with E-state index in [9.17, 15) is 40.3 Å². The number of piperidine rings is 1. The van der Waals surface area contributed by atoms with Crippen molar-refractivity contribution in [3.63, 3.8) is 0 Å². The summed E-state index contributed by atoms with van der Waals surface area (Å²) in [6, 6.07) is 9.22. The standard InChI is InChI=1S/C32H25F7N4O4S/c1-46-24-7-2-16(23-15-30(47-43-23)8-10-40-11-9-30)12-20(24)28(44)42-26-19-5-3-17(31(34,35)36)13-25(19)48-27(26)29(45)41-18-4-6-22(33)21(14-18)32(37,38)39/h2-7,12-14,40H,8-11,15H2,1H3,(H,41,45)(H,42,44). The monoisotopic (exact) mass is 694 g/mol. The second-order valence-electron chi connectivity index (χ2n) is 11.3. The smallest absolute Gasteiger partial charge is 0.419 e. The second-order valence-corrected chi connectivity index (χ2v) is 12.3. The molecule has 0 radical (unpaired) electrons. The van der Waals surface area contributed by atoms with Crippen LogP contribution in [0.15, 0.2) is 59.8 Å². The van der Waals surface area contributed by atoms with Crippen molar-refractivity contribution in [2.24, 2.45) is 5.16 Å². The van der Waals surface area contributed by atoms with E-state index in [2.05, 4.69) is 21.1 Å². The largest absolute Gasteiger partial charge is 0.496 e. The predicted molar refractivity (Wildman–Crippen MR) is 164 cm³/mol. The number of oxime groups is 1. The molecule has 2 aliphatic rings. The molecular formula is C32H25F7N4O4S. The maximum absolute atomic E-state index is 13.9. The summed E-state index contributed by atoms with van der Waals surface area (Å²) in [4.78, 5) is 32.7. The third-order valence-electron chi connectivity index (χ3n) is 8.12. The van der Waals surface area contributed by atoms with Crippen LogP contribution in [0.1, 0.15) is 56.0 Å². The highest BCUT2D eigenvalue weighted by molar-refractivity contribution is 7.21. The lowest BCUT2D eigenvalue weighted by Crippen LogP contribution is -2.42. The van der Waals surface area contributed by atoms with Gasteiger partial charge in [0.1, 0.15) is 22.0 Å². The van der Waals surface area contributed by atoms with Crippen LogP contribution in [0.4, 0.5) is 42.1 Å². The Morgan fingerprint density at radius 3 is 2.38 bits per heavy atom. The number of carbonyl (C=O) groups excluding carboxylic acids is 2. The minimum absolute atomic E-state index is 0.00920. The molecule has 8 nitrogen and oxygen atoms in total. The van der Waals surface area contributed by atoms with Crippen molar-refractivity contribution in [3.05, 3.63) is 87.5 Å². The average molecular weight is 695 g/mol. The number of nitrogens with zero attached hydrogens (tertiary/aromatic N) is 1. The van der Waals surface area contributed by atoms with Crippen LogP contribution in [0, 0.1) is 5.82 Å². The van der Waals surface area contributed by atoms with Crippen LogP contribution in [0.25, 0.3) is 10.1 Å². The number of thiophene rings is 1. The van der Waals surface area contributed by atoms with Gasteiger partial charge in [-0.2, -0.15) is 26.3 Å². The molecule has 3 N–H and O–H groups in total. The average Bonchev–Trinajstić information content (AvgIpc) is 3.62. The molecule has 6 rings (SSSR count). The number of nitrogens with one attached hydrogen (secondary N) is 3. The number of halogens is 7. The SMILES string of the molecule is COc1ccc(C2=NOC3(CCNCC3)C2)cc1C(=O)Nc1c(C(=O)Nc2ccc(F)c(C(F)(F)F)c2)sc2cc(C(F)(F)F)ccc12. The summed E-state index contributed by atoms with van der Waals surface area (Å²) in [5.41, 5.74) is -2.54. The van der Waals surface area contributed by atoms with E-state index in [1.165, 1.54) is 13.2 Å². The molecule has 16 heteroatoms. The van der Waals surface area contributed by atoms with Gasteiger partial charge in [0.15, 0.2) is 0 Å². The van der Waals surface area contributed by atoms with Crippen LogP contribution < -0.4 is 20.7 Å². The number of benzene rings is 3. The highest BCUT2D eigenvalue weighted by Gasteiger charge is 2.41. The Hall–Kier alpha value is -4.70. The van der Waals surface area contributed by atoms with E-state index < -0.39 is 52.4 Å². The molecule has 2 amide bonds. The van der Waals surface area contributed by atoms with Crippen molar-refractivity contribution < 1.29 is 49.9 Å². The minimum atomic E-state index is -5.06. The van der Waals surface area contributed by atoms with Gasteiger partial charge in [0.05, 0.1) is 35.2 Å². The molecule has 0 unspecified atom stereocenters. The zero-order valence-electron chi connectivity index (χ0n) is 24.9. The number of hydrogen-bond acceptors (Lipinski definition) is 7. The fraction of sp³-hybridized carbons (Fsp3) is 0.281. The third-order valence-corrected chi connectivity index (χ3v) is 9.27. The van der Waals surface area contributed by atoms with Gasteiger partial charge < -0.3 is 25.5 Å². The van der Waals surface area contributed by atoms with Gasteiger partial charge >= 0.3 is 12.4 Å². The van der Waals surface area contributed by atoms with Gasteiger partial charge in [-0.1, -0.05) is 11.2 Å². The normalized spacial score (nSPS) is 16.0. The Morgan fingerprint density at radius 1 is 0.938 bits per heavy atom. The molecular weight excluding hydrogens is 669 g/mol. The summed E-state index contributed by atoms with van der Waals surface area (Å²) < 4.78 is 99.7. The number of hydrogen-bond donors (Lipinski definition) is 3. The molecule has 2 aliphatic heterocycles. The van der Waals surface area contributed by atoms with Crippen molar-refractivity contribution in [1.82, 2.24) is 5.32 Å². The third kappa shape index (κ3) is 6.54. The van der Waals surface area contributed by atoms with Crippen molar-refractivity contribution in [2.75, 3.05) is 30.8 Å². The fourth-order valence-electron chi connectivity index (χ4n) is 5.64. The Labute approximate surface area is 271 Å². The Balaban J connectivity index is 1.35. The van der Waals surface area contributed by atoms with Crippen LogP contribution >= 0.6 is 11.3 Å². The lowest BCUT2D eigenvalue weighted by atomic mass is 9.86. The Bertz CT molecular complexity index is 1950. The molecule has 0 bridgehead atoms. The van der Waals surface area contributed by atoms with E-state index in [0.29, 0.717) is 41.2 Å². The van der Waals surface area contributed by atoms with E-state index in [4.69, 9.17) is 9.57 Å². The molecule has 48 heavy (non-hydrogen) atoms. The van der Waals surface area contributed by atoms with Gasteiger partial charge in [-0.05, 0) is 61.6 Å². The molecule has 0 aliphatic carbocycles. The topological polar surface area (TPSA) is 101 Å². The number of carbonyl (C=O) groups is 2. The first kappa shape index (κ1) is 33.2. The van der Waals surface area contributed by atoms with Crippen LogP contribution in [0.3, 0.4) is 0 Å². The molecule has 1 fully saturated rings. The fourth-order valence-corrected chi connectivity index (χ4v) is 6.73. The van der Waals surface area contributed by atoms with E-state index >= 15 is 0 Å². The van der Waals surface area contributed by atoms with E-state index in [1.54, 1.807) is 12.1 Å². The summed E-state index contributed by atoms with van der Waals surface area (Å²) in [6.07, 6.45) is -7.80. The molecule has 1 aromatic heterocycles. The van der Waals surface area contributed by atoms with Crippen molar-refractivity contribution in [3.8, 4) is 5.75 Å². The Kier molecular flexibility index (Phi) is 8.57. The number of alkyl halides is 6. The maximum Gasteiger partial charge on any atom is 0.419 e. The van der Waals surface area contributed by atoms with Gasteiger partial charge in [-0.15, -0.1) is 11.3 Å². The van der Waals surface area contributed by atoms with Crippen LogP contribution in [0.5, 0.6) is 5.75 Å². The highest BCUT2D eigenvalue weighted by Crippen LogP contribution is 2.41. The maximum atomic E-state index is 13.9. The van der Waals surface area contributed by atoms with Crippen LogP contribution in [0.2, 0.25) is 0 Å². The molecule has 252 valence electrons. The molecule has 1 saturated heterocycles. The lowest BCUT2D eigenvalue weighted by Gasteiger charge is -2.30. The zero-order valence-corrected chi connectivity index (χ0v) is 25.7. The number of amides is 2. The lowest BCUT2D eigenvalue weighted by molar-refractivity contribution is -0.140. The van der Waals surface area contributed by atoms with Gasteiger partial charge in [-0.3, -0.25) is 9.59 Å². The number of rotatable bonds is 6. The van der Waals surface area contributed by atoms with Gasteiger partial charge in [0, 0.05) is 40.6 Å². The minimum Gasteiger partial charge on any atom is -0.496 e. The zero-order chi connectivity index (χ0) is 34.4. The summed E-state index contributed by atoms with van der Waals surface area (Å²) in [5.74, 6) is -3.26. The predicted octanol–water partition coefficient (Wildman–Crippen LogP) is 7.84. The van der Waals surface area contributed by atoms with Crippen molar-refractivity contribution in [1.29, 1.82) is 0 Å². The first-order valence-corrected chi connectivity index (χ1v) is 15.3. The van der Waals surface area contributed by atoms with Crippen LogP contribution in [-0.2, 0) is 17.2 Å². The molecule has 4 aromatic rings. The Morgan fingerprint density at radius 2 is 1.69 bits per heavy atom.